The van der Waals surface area contributed by atoms with Crippen LogP contribution in [0.5, 0.6) is 0 Å². The van der Waals surface area contributed by atoms with Crippen LogP contribution >= 0.6 is 11.3 Å². The average molecular weight is 354 g/mol. The molecule has 1 fully saturated rings. The van der Waals surface area contributed by atoms with Gasteiger partial charge in [0.2, 0.25) is 0 Å². The molecule has 0 bridgehead atoms. The number of carbonyl (C=O) groups excluding carboxylic acids is 1. The number of thiazole rings is 1. The number of rotatable bonds is 5. The zero-order valence-corrected chi connectivity index (χ0v) is 14.0. The Morgan fingerprint density at radius 1 is 1.24 bits per heavy atom. The van der Waals surface area contributed by atoms with Crippen LogP contribution in [-0.4, -0.2) is 21.9 Å². The molecular formula is C18H15FN4OS. The first kappa shape index (κ1) is 15.7. The van der Waals surface area contributed by atoms with E-state index in [4.69, 9.17) is 0 Å². The first-order chi connectivity index (χ1) is 12.2. The minimum absolute atomic E-state index is 0.249. The van der Waals surface area contributed by atoms with E-state index in [-0.39, 0.29) is 11.7 Å². The average Bonchev–Trinajstić information content (AvgIpc) is 3.30. The highest BCUT2D eigenvalue weighted by molar-refractivity contribution is 7.14. The van der Waals surface area contributed by atoms with Crippen molar-refractivity contribution in [3.05, 3.63) is 59.4 Å². The Kier molecular flexibility index (Phi) is 4.15. The minimum atomic E-state index is -0.316. The van der Waals surface area contributed by atoms with E-state index in [2.05, 4.69) is 20.6 Å². The molecule has 0 spiro atoms. The first-order valence-corrected chi connectivity index (χ1v) is 8.81. The van der Waals surface area contributed by atoms with Crippen molar-refractivity contribution in [2.45, 2.75) is 18.9 Å². The van der Waals surface area contributed by atoms with Gasteiger partial charge in [0.05, 0.1) is 5.69 Å². The van der Waals surface area contributed by atoms with Crippen LogP contribution in [0.15, 0.2) is 48.0 Å². The minimum Gasteiger partial charge on any atom is -0.367 e. The fourth-order valence-corrected chi connectivity index (χ4v) is 3.08. The summed E-state index contributed by atoms with van der Waals surface area (Å²) in [4.78, 5) is 21.0. The van der Waals surface area contributed by atoms with E-state index in [9.17, 15) is 9.18 Å². The first-order valence-electron chi connectivity index (χ1n) is 7.93. The molecule has 2 heterocycles. The van der Waals surface area contributed by atoms with E-state index in [1.807, 2.05) is 0 Å². The van der Waals surface area contributed by atoms with Crippen molar-refractivity contribution in [2.75, 3.05) is 10.6 Å². The maximum Gasteiger partial charge on any atom is 0.257 e. The Morgan fingerprint density at radius 3 is 2.92 bits per heavy atom. The largest absolute Gasteiger partial charge is 0.367 e. The third-order valence-electron chi connectivity index (χ3n) is 3.80. The molecule has 0 atom stereocenters. The Balaban J connectivity index is 1.47. The van der Waals surface area contributed by atoms with Crippen molar-refractivity contribution in [3.63, 3.8) is 0 Å². The lowest BCUT2D eigenvalue weighted by Crippen LogP contribution is -2.13. The van der Waals surface area contributed by atoms with Crippen LogP contribution in [0.2, 0.25) is 0 Å². The van der Waals surface area contributed by atoms with Gasteiger partial charge >= 0.3 is 0 Å². The number of halogens is 1. The zero-order chi connectivity index (χ0) is 17.2. The van der Waals surface area contributed by atoms with Crippen molar-refractivity contribution in [3.8, 4) is 11.3 Å². The Labute approximate surface area is 148 Å². The second kappa shape index (κ2) is 6.60. The smallest absolute Gasteiger partial charge is 0.257 e. The molecule has 1 amide bonds. The molecule has 4 rings (SSSR count). The maximum atomic E-state index is 13.3. The van der Waals surface area contributed by atoms with Gasteiger partial charge in [-0.2, -0.15) is 0 Å². The van der Waals surface area contributed by atoms with Crippen LogP contribution in [0.3, 0.4) is 0 Å². The molecule has 1 aliphatic carbocycles. The van der Waals surface area contributed by atoms with Gasteiger partial charge in [-0.3, -0.25) is 10.1 Å². The summed E-state index contributed by atoms with van der Waals surface area (Å²) < 4.78 is 13.3. The highest BCUT2D eigenvalue weighted by Crippen LogP contribution is 2.26. The molecule has 2 N–H and O–H groups in total. The van der Waals surface area contributed by atoms with Gasteiger partial charge in [0.25, 0.3) is 5.91 Å². The molecule has 3 aromatic rings. The zero-order valence-electron chi connectivity index (χ0n) is 13.2. The van der Waals surface area contributed by atoms with Crippen molar-refractivity contribution in [2.24, 2.45) is 0 Å². The van der Waals surface area contributed by atoms with E-state index in [1.54, 1.807) is 35.8 Å². The Hall–Kier alpha value is -2.80. The molecule has 1 saturated carbocycles. The highest BCUT2D eigenvalue weighted by Gasteiger charge is 2.21. The van der Waals surface area contributed by atoms with E-state index in [1.165, 1.54) is 23.5 Å². The number of pyridine rings is 1. The van der Waals surface area contributed by atoms with Gasteiger partial charge in [-0.05, 0) is 37.1 Å². The maximum absolute atomic E-state index is 13.3. The van der Waals surface area contributed by atoms with Crippen molar-refractivity contribution in [1.29, 1.82) is 0 Å². The summed E-state index contributed by atoms with van der Waals surface area (Å²) >= 11 is 1.30. The van der Waals surface area contributed by atoms with E-state index in [0.717, 1.165) is 12.8 Å². The molecule has 126 valence electrons. The van der Waals surface area contributed by atoms with Crippen molar-refractivity contribution < 1.29 is 9.18 Å². The topological polar surface area (TPSA) is 66.9 Å². The standard InChI is InChI=1S/C18H15FN4OS/c19-13-3-1-2-11(8-13)15-10-25-18(22-15)23-17(24)12-6-7-20-16(9-12)21-14-4-5-14/h1-3,6-10,14H,4-5H2,(H,20,21)(H,22,23,24). The molecular weight excluding hydrogens is 339 g/mol. The molecule has 5 nitrogen and oxygen atoms in total. The summed E-state index contributed by atoms with van der Waals surface area (Å²) in [6.45, 7) is 0. The fourth-order valence-electron chi connectivity index (χ4n) is 2.37. The van der Waals surface area contributed by atoms with Gasteiger partial charge in [0, 0.05) is 28.7 Å². The highest BCUT2D eigenvalue weighted by atomic mass is 32.1. The van der Waals surface area contributed by atoms with Crippen LogP contribution in [-0.2, 0) is 0 Å². The molecule has 0 saturated heterocycles. The van der Waals surface area contributed by atoms with Gasteiger partial charge in [0.1, 0.15) is 11.6 Å². The van der Waals surface area contributed by atoms with Gasteiger partial charge in [-0.25, -0.2) is 14.4 Å². The lowest BCUT2D eigenvalue weighted by Gasteiger charge is -2.06. The van der Waals surface area contributed by atoms with Gasteiger partial charge in [0.15, 0.2) is 5.13 Å². The van der Waals surface area contributed by atoms with Gasteiger partial charge in [-0.1, -0.05) is 12.1 Å². The molecule has 0 radical (unpaired) electrons. The van der Waals surface area contributed by atoms with E-state index >= 15 is 0 Å². The summed E-state index contributed by atoms with van der Waals surface area (Å²) in [7, 11) is 0. The normalized spacial score (nSPS) is 13.5. The second-order valence-corrected chi connectivity index (χ2v) is 6.71. The lowest BCUT2D eigenvalue weighted by atomic mass is 10.2. The van der Waals surface area contributed by atoms with E-state index < -0.39 is 0 Å². The molecule has 2 aromatic heterocycles. The van der Waals surface area contributed by atoms with Crippen LogP contribution in [0, 0.1) is 5.82 Å². The summed E-state index contributed by atoms with van der Waals surface area (Å²) in [5.41, 5.74) is 1.82. The quantitative estimate of drug-likeness (QED) is 0.722. The second-order valence-electron chi connectivity index (χ2n) is 5.85. The van der Waals surface area contributed by atoms with Crippen LogP contribution in [0.1, 0.15) is 23.2 Å². The summed E-state index contributed by atoms with van der Waals surface area (Å²) in [6.07, 6.45) is 3.89. The third kappa shape index (κ3) is 3.83. The van der Waals surface area contributed by atoms with Gasteiger partial charge in [-0.15, -0.1) is 11.3 Å². The predicted octanol–water partition coefficient (Wildman–Crippen LogP) is 4.17. The van der Waals surface area contributed by atoms with Crippen LogP contribution in [0.25, 0.3) is 11.3 Å². The number of carbonyl (C=O) groups is 1. The van der Waals surface area contributed by atoms with E-state index in [0.29, 0.717) is 33.8 Å². The Bertz CT molecular complexity index is 923. The molecule has 1 aliphatic rings. The monoisotopic (exact) mass is 354 g/mol. The molecule has 0 unspecified atom stereocenters. The summed E-state index contributed by atoms with van der Waals surface area (Å²) in [5.74, 6) is 0.139. The fraction of sp³-hybridized carbons (Fsp3) is 0.167. The predicted molar refractivity (Wildman–Crippen MR) is 96.3 cm³/mol. The Morgan fingerprint density at radius 2 is 2.12 bits per heavy atom. The molecule has 25 heavy (non-hydrogen) atoms. The van der Waals surface area contributed by atoms with Gasteiger partial charge < -0.3 is 5.32 Å². The number of hydrogen-bond acceptors (Lipinski definition) is 5. The van der Waals surface area contributed by atoms with Crippen molar-refractivity contribution in [1.82, 2.24) is 9.97 Å². The van der Waals surface area contributed by atoms with Crippen LogP contribution < -0.4 is 10.6 Å². The number of amides is 1. The number of anilines is 2. The summed E-state index contributed by atoms with van der Waals surface area (Å²) in [5, 5.41) is 8.30. The number of benzene rings is 1. The van der Waals surface area contributed by atoms with Crippen LogP contribution in [0.4, 0.5) is 15.3 Å². The number of aromatic nitrogens is 2. The van der Waals surface area contributed by atoms with Crippen molar-refractivity contribution >= 4 is 28.2 Å². The number of nitrogens with one attached hydrogen (secondary N) is 2. The third-order valence-corrected chi connectivity index (χ3v) is 4.55. The summed E-state index contributed by atoms with van der Waals surface area (Å²) in [6, 6.07) is 10.1. The lowest BCUT2D eigenvalue weighted by molar-refractivity contribution is 0.102. The number of nitrogens with zero attached hydrogens (tertiary/aromatic N) is 2. The molecule has 7 heteroatoms. The molecule has 0 aliphatic heterocycles. The number of hydrogen-bond donors (Lipinski definition) is 2. The molecule has 1 aromatic carbocycles. The SMILES string of the molecule is O=C(Nc1nc(-c2cccc(F)c2)cs1)c1ccnc(NC2CC2)c1.